The van der Waals surface area contributed by atoms with E-state index in [1.807, 2.05) is 0 Å². The number of H-pyrrole nitrogens is 1. The second kappa shape index (κ2) is 4.94. The summed E-state index contributed by atoms with van der Waals surface area (Å²) in [6.45, 7) is 8.38. The lowest BCUT2D eigenvalue weighted by molar-refractivity contribution is 0.403. The minimum absolute atomic E-state index is 0.466. The SMILES string of the molecule is Cc1cscc1-c1nc(N2CC(C)NC(C)C2)n[nH]1. The van der Waals surface area contributed by atoms with Gasteiger partial charge in [0.05, 0.1) is 0 Å². The Bertz CT molecular complexity index is 551. The van der Waals surface area contributed by atoms with E-state index >= 15 is 0 Å². The first kappa shape index (κ1) is 12.6. The van der Waals surface area contributed by atoms with E-state index in [-0.39, 0.29) is 0 Å². The Morgan fingerprint density at radius 1 is 1.26 bits per heavy atom. The smallest absolute Gasteiger partial charge is 0.245 e. The molecule has 3 rings (SSSR count). The molecule has 0 bridgehead atoms. The summed E-state index contributed by atoms with van der Waals surface area (Å²) in [6, 6.07) is 0.933. The van der Waals surface area contributed by atoms with Crippen molar-refractivity contribution in [3.05, 3.63) is 16.3 Å². The third-order valence-corrected chi connectivity index (χ3v) is 4.29. The van der Waals surface area contributed by atoms with Gasteiger partial charge in [0.15, 0.2) is 5.82 Å². The Morgan fingerprint density at radius 2 is 2.00 bits per heavy atom. The average Bonchev–Trinajstić information content (AvgIpc) is 2.95. The molecule has 1 saturated heterocycles. The molecule has 3 heterocycles. The highest BCUT2D eigenvalue weighted by Gasteiger charge is 2.24. The van der Waals surface area contributed by atoms with Gasteiger partial charge < -0.3 is 10.2 Å². The fraction of sp³-hybridized carbons (Fsp3) is 0.538. The molecule has 0 aromatic carbocycles. The molecule has 5 nitrogen and oxygen atoms in total. The van der Waals surface area contributed by atoms with Crippen LogP contribution in [0.25, 0.3) is 11.4 Å². The molecule has 0 amide bonds. The van der Waals surface area contributed by atoms with Crippen LogP contribution < -0.4 is 10.2 Å². The maximum absolute atomic E-state index is 4.64. The molecule has 0 saturated carbocycles. The van der Waals surface area contributed by atoms with E-state index < -0.39 is 0 Å². The van der Waals surface area contributed by atoms with E-state index in [4.69, 9.17) is 0 Å². The van der Waals surface area contributed by atoms with Crippen LogP contribution in [-0.2, 0) is 0 Å². The molecule has 102 valence electrons. The highest BCUT2D eigenvalue weighted by atomic mass is 32.1. The summed E-state index contributed by atoms with van der Waals surface area (Å²) in [6.07, 6.45) is 0. The van der Waals surface area contributed by atoms with Gasteiger partial charge in [-0.15, -0.1) is 5.10 Å². The average molecular weight is 277 g/mol. The van der Waals surface area contributed by atoms with Crippen molar-refractivity contribution in [3.63, 3.8) is 0 Å². The van der Waals surface area contributed by atoms with Crippen molar-refractivity contribution in [1.29, 1.82) is 0 Å². The number of aryl methyl sites for hydroxylation is 1. The number of hydrogen-bond acceptors (Lipinski definition) is 5. The van der Waals surface area contributed by atoms with Crippen LogP contribution in [0.3, 0.4) is 0 Å². The van der Waals surface area contributed by atoms with Gasteiger partial charge >= 0.3 is 0 Å². The van der Waals surface area contributed by atoms with Crippen LogP contribution in [-0.4, -0.2) is 40.4 Å². The van der Waals surface area contributed by atoms with Crippen molar-refractivity contribution < 1.29 is 0 Å². The van der Waals surface area contributed by atoms with Crippen molar-refractivity contribution >= 4 is 17.3 Å². The first-order chi connectivity index (χ1) is 9.13. The van der Waals surface area contributed by atoms with E-state index in [0.717, 1.165) is 30.4 Å². The zero-order valence-electron chi connectivity index (χ0n) is 11.5. The number of anilines is 1. The highest BCUT2D eigenvalue weighted by Crippen LogP contribution is 2.25. The molecule has 2 N–H and O–H groups in total. The standard InChI is InChI=1S/C13H19N5S/c1-8-6-19-7-11(8)12-15-13(17-16-12)18-4-9(2)14-10(3)5-18/h6-7,9-10,14H,4-5H2,1-3H3,(H,15,16,17). The Balaban J connectivity index is 1.83. The summed E-state index contributed by atoms with van der Waals surface area (Å²) >= 11 is 1.70. The van der Waals surface area contributed by atoms with Crippen LogP contribution in [0.4, 0.5) is 5.95 Å². The molecule has 0 radical (unpaired) electrons. The van der Waals surface area contributed by atoms with Crippen molar-refractivity contribution in [2.75, 3.05) is 18.0 Å². The quantitative estimate of drug-likeness (QED) is 0.882. The lowest BCUT2D eigenvalue weighted by Crippen LogP contribution is -2.54. The number of nitrogens with zero attached hydrogens (tertiary/aromatic N) is 3. The van der Waals surface area contributed by atoms with E-state index in [0.29, 0.717) is 12.1 Å². The van der Waals surface area contributed by atoms with E-state index in [2.05, 4.69) is 56.9 Å². The molecule has 1 aliphatic heterocycles. The number of thiophene rings is 1. The van der Waals surface area contributed by atoms with Gasteiger partial charge in [-0.2, -0.15) is 16.3 Å². The summed E-state index contributed by atoms with van der Waals surface area (Å²) in [5.41, 5.74) is 2.40. The summed E-state index contributed by atoms with van der Waals surface area (Å²) in [4.78, 5) is 6.89. The Hall–Kier alpha value is -1.40. The number of rotatable bonds is 2. The van der Waals surface area contributed by atoms with Gasteiger partial charge in [-0.05, 0) is 31.7 Å². The fourth-order valence-corrected chi connectivity index (χ4v) is 3.44. The van der Waals surface area contributed by atoms with Crippen LogP contribution in [0, 0.1) is 6.92 Å². The van der Waals surface area contributed by atoms with Gasteiger partial charge in [-0.25, -0.2) is 0 Å². The molecule has 0 spiro atoms. The van der Waals surface area contributed by atoms with Crippen LogP contribution in [0.15, 0.2) is 10.8 Å². The lowest BCUT2D eigenvalue weighted by Gasteiger charge is -2.35. The van der Waals surface area contributed by atoms with Gasteiger partial charge in [-0.3, -0.25) is 5.10 Å². The van der Waals surface area contributed by atoms with Gasteiger partial charge in [-0.1, -0.05) is 0 Å². The molecular formula is C13H19N5S. The van der Waals surface area contributed by atoms with Crippen molar-refractivity contribution in [3.8, 4) is 11.4 Å². The Labute approximate surface area is 117 Å². The van der Waals surface area contributed by atoms with Gasteiger partial charge in [0, 0.05) is 36.1 Å². The predicted molar refractivity (Wildman–Crippen MR) is 78.7 cm³/mol. The summed E-state index contributed by atoms with van der Waals surface area (Å²) < 4.78 is 0. The van der Waals surface area contributed by atoms with Gasteiger partial charge in [0.1, 0.15) is 0 Å². The molecule has 19 heavy (non-hydrogen) atoms. The van der Waals surface area contributed by atoms with Gasteiger partial charge in [0.2, 0.25) is 5.95 Å². The zero-order valence-corrected chi connectivity index (χ0v) is 12.3. The first-order valence-electron chi connectivity index (χ1n) is 6.60. The molecule has 0 aliphatic carbocycles. The van der Waals surface area contributed by atoms with Crippen LogP contribution in [0.5, 0.6) is 0 Å². The molecule has 6 heteroatoms. The number of aromatic nitrogens is 3. The molecule has 2 aromatic heterocycles. The number of piperazine rings is 1. The van der Waals surface area contributed by atoms with Crippen LogP contribution in [0.1, 0.15) is 19.4 Å². The van der Waals surface area contributed by atoms with Gasteiger partial charge in [0.25, 0.3) is 0 Å². The topological polar surface area (TPSA) is 56.8 Å². The van der Waals surface area contributed by atoms with Crippen molar-refractivity contribution in [2.24, 2.45) is 0 Å². The summed E-state index contributed by atoms with van der Waals surface area (Å²) in [5.74, 6) is 1.67. The summed E-state index contributed by atoms with van der Waals surface area (Å²) in [7, 11) is 0. The monoisotopic (exact) mass is 277 g/mol. The van der Waals surface area contributed by atoms with Crippen molar-refractivity contribution in [2.45, 2.75) is 32.9 Å². The van der Waals surface area contributed by atoms with E-state index in [1.165, 1.54) is 5.56 Å². The van der Waals surface area contributed by atoms with Crippen LogP contribution in [0.2, 0.25) is 0 Å². The molecule has 2 atom stereocenters. The zero-order chi connectivity index (χ0) is 13.4. The Morgan fingerprint density at radius 3 is 2.63 bits per heavy atom. The second-order valence-electron chi connectivity index (χ2n) is 5.33. The summed E-state index contributed by atoms with van der Waals surface area (Å²) in [5, 5.41) is 15.2. The fourth-order valence-electron chi connectivity index (χ4n) is 2.61. The van der Waals surface area contributed by atoms with Crippen molar-refractivity contribution in [1.82, 2.24) is 20.5 Å². The molecule has 1 aliphatic rings. The second-order valence-corrected chi connectivity index (χ2v) is 6.07. The number of hydrogen-bond donors (Lipinski definition) is 2. The third-order valence-electron chi connectivity index (χ3n) is 3.42. The highest BCUT2D eigenvalue weighted by molar-refractivity contribution is 7.08. The minimum atomic E-state index is 0.466. The molecule has 1 fully saturated rings. The predicted octanol–water partition coefficient (Wildman–Crippen LogP) is 2.03. The molecule has 2 unspecified atom stereocenters. The maximum atomic E-state index is 4.64. The lowest BCUT2D eigenvalue weighted by atomic mass is 10.1. The normalized spacial score (nSPS) is 23.8. The molecule has 2 aromatic rings. The first-order valence-corrected chi connectivity index (χ1v) is 7.54. The minimum Gasteiger partial charge on any atom is -0.336 e. The largest absolute Gasteiger partial charge is 0.336 e. The number of nitrogens with one attached hydrogen (secondary N) is 2. The maximum Gasteiger partial charge on any atom is 0.245 e. The third kappa shape index (κ3) is 2.50. The van der Waals surface area contributed by atoms with E-state index in [1.54, 1.807) is 11.3 Å². The number of aromatic amines is 1. The molecular weight excluding hydrogens is 258 g/mol. The van der Waals surface area contributed by atoms with Crippen LogP contribution >= 0.6 is 11.3 Å². The Kier molecular flexibility index (Phi) is 3.28. The van der Waals surface area contributed by atoms with E-state index in [9.17, 15) is 0 Å².